The molecule has 0 fully saturated rings. The Morgan fingerprint density at radius 2 is 1.78 bits per heavy atom. The highest BCUT2D eigenvalue weighted by atomic mass is 32.1. The topological polar surface area (TPSA) is 46.5 Å². The van der Waals surface area contributed by atoms with Crippen LogP contribution in [0.3, 0.4) is 0 Å². The van der Waals surface area contributed by atoms with Crippen LogP contribution in [0.4, 0.5) is 0 Å². The molecule has 0 spiro atoms. The Labute approximate surface area is 109 Å². The zero-order valence-electron chi connectivity index (χ0n) is 9.45. The van der Waals surface area contributed by atoms with Gasteiger partial charge in [-0.1, -0.05) is 24.3 Å². The molecule has 2 aromatic heterocycles. The largest absolute Gasteiger partial charge is 0.267 e. The highest BCUT2D eigenvalue weighted by Crippen LogP contribution is 2.18. The number of nitrogens with zero attached hydrogens (tertiary/aromatic N) is 3. The molecule has 0 aliphatic heterocycles. The minimum atomic E-state index is 0.557. The number of hydrogen-bond acceptors (Lipinski definition) is 3. The van der Waals surface area contributed by atoms with Gasteiger partial charge in [-0.25, -0.2) is 0 Å². The third-order valence-corrected chi connectivity index (χ3v) is 2.85. The highest BCUT2D eigenvalue weighted by molar-refractivity contribution is 7.71. The molecule has 0 aliphatic rings. The van der Waals surface area contributed by atoms with E-state index in [-0.39, 0.29) is 0 Å². The third kappa shape index (κ3) is 1.84. The van der Waals surface area contributed by atoms with Crippen LogP contribution in [0, 0.1) is 4.77 Å². The van der Waals surface area contributed by atoms with Gasteiger partial charge in [0.2, 0.25) is 0 Å². The standard InChI is InChI=1S/C13H10N4S/c18-13-16-15-12(11-8-4-5-9-14-11)17(13)10-6-2-1-3-7-10/h1-9H,(H,16,18). The average Bonchev–Trinajstić information content (AvgIpc) is 2.83. The van der Waals surface area contributed by atoms with E-state index in [1.165, 1.54) is 0 Å². The van der Waals surface area contributed by atoms with E-state index in [9.17, 15) is 0 Å². The molecule has 0 radical (unpaired) electrons. The van der Waals surface area contributed by atoms with Crippen molar-refractivity contribution >= 4 is 12.2 Å². The van der Waals surface area contributed by atoms with Crippen LogP contribution in [0.5, 0.6) is 0 Å². The fourth-order valence-electron chi connectivity index (χ4n) is 1.78. The van der Waals surface area contributed by atoms with Gasteiger partial charge < -0.3 is 0 Å². The van der Waals surface area contributed by atoms with Gasteiger partial charge in [0.15, 0.2) is 10.6 Å². The van der Waals surface area contributed by atoms with Crippen molar-refractivity contribution in [1.82, 2.24) is 19.7 Å². The molecule has 0 bridgehead atoms. The zero-order chi connectivity index (χ0) is 12.4. The van der Waals surface area contributed by atoms with Gasteiger partial charge in [-0.3, -0.25) is 14.6 Å². The molecular weight excluding hydrogens is 244 g/mol. The second-order valence-electron chi connectivity index (χ2n) is 3.74. The number of aromatic amines is 1. The first-order chi connectivity index (χ1) is 8.86. The lowest BCUT2D eigenvalue weighted by Crippen LogP contribution is -1.98. The van der Waals surface area contributed by atoms with Crippen LogP contribution >= 0.6 is 12.2 Å². The van der Waals surface area contributed by atoms with Crippen molar-refractivity contribution < 1.29 is 0 Å². The summed E-state index contributed by atoms with van der Waals surface area (Å²) < 4.78 is 2.43. The van der Waals surface area contributed by atoms with Crippen molar-refractivity contribution in [3.05, 3.63) is 59.5 Å². The summed E-state index contributed by atoms with van der Waals surface area (Å²) in [4.78, 5) is 4.30. The molecule has 5 heteroatoms. The molecule has 0 atom stereocenters. The van der Waals surface area contributed by atoms with E-state index in [1.807, 2.05) is 53.1 Å². The predicted molar refractivity (Wildman–Crippen MR) is 72.0 cm³/mol. The van der Waals surface area contributed by atoms with Crippen LogP contribution in [0.2, 0.25) is 0 Å². The van der Waals surface area contributed by atoms with Crippen molar-refractivity contribution in [3.8, 4) is 17.2 Å². The number of hydrogen-bond donors (Lipinski definition) is 1. The van der Waals surface area contributed by atoms with Crippen LogP contribution in [0.25, 0.3) is 17.2 Å². The summed E-state index contributed by atoms with van der Waals surface area (Å²) in [5.74, 6) is 0.715. The van der Waals surface area contributed by atoms with E-state index in [0.717, 1.165) is 11.4 Å². The molecule has 4 nitrogen and oxygen atoms in total. The Balaban J connectivity index is 2.23. The quantitative estimate of drug-likeness (QED) is 0.715. The predicted octanol–water partition coefficient (Wildman–Crippen LogP) is 2.99. The fraction of sp³-hybridized carbons (Fsp3) is 0. The Hall–Kier alpha value is -2.27. The summed E-state index contributed by atoms with van der Waals surface area (Å²) in [7, 11) is 0. The number of rotatable bonds is 2. The maximum Gasteiger partial charge on any atom is 0.200 e. The average molecular weight is 254 g/mol. The Bertz CT molecular complexity index is 701. The Kier molecular flexibility index (Phi) is 2.74. The molecule has 0 amide bonds. The van der Waals surface area contributed by atoms with Gasteiger partial charge in [0, 0.05) is 6.20 Å². The zero-order valence-corrected chi connectivity index (χ0v) is 10.3. The maximum atomic E-state index is 5.27. The number of aromatic nitrogens is 4. The minimum Gasteiger partial charge on any atom is -0.267 e. The van der Waals surface area contributed by atoms with Crippen molar-refractivity contribution in [2.45, 2.75) is 0 Å². The minimum absolute atomic E-state index is 0.557. The first-order valence-corrected chi connectivity index (χ1v) is 5.91. The molecule has 0 saturated heterocycles. The first kappa shape index (κ1) is 10.9. The molecule has 88 valence electrons. The summed E-state index contributed by atoms with van der Waals surface area (Å²) in [6, 6.07) is 15.6. The molecule has 0 aliphatic carbocycles. The summed E-state index contributed by atoms with van der Waals surface area (Å²) in [5, 5.41) is 7.06. The van der Waals surface area contributed by atoms with Crippen LogP contribution in [0.1, 0.15) is 0 Å². The van der Waals surface area contributed by atoms with Gasteiger partial charge in [0.05, 0.1) is 5.69 Å². The van der Waals surface area contributed by atoms with Gasteiger partial charge in [0.1, 0.15) is 5.69 Å². The normalized spacial score (nSPS) is 10.4. The summed E-state index contributed by atoms with van der Waals surface area (Å²) in [5.41, 5.74) is 1.76. The molecular formula is C13H10N4S. The van der Waals surface area contributed by atoms with E-state index >= 15 is 0 Å². The van der Waals surface area contributed by atoms with Gasteiger partial charge in [-0.05, 0) is 36.5 Å². The van der Waals surface area contributed by atoms with E-state index in [0.29, 0.717) is 10.6 Å². The molecule has 0 unspecified atom stereocenters. The van der Waals surface area contributed by atoms with Crippen LogP contribution < -0.4 is 0 Å². The van der Waals surface area contributed by atoms with Gasteiger partial charge in [-0.15, -0.1) is 0 Å². The van der Waals surface area contributed by atoms with Crippen molar-refractivity contribution in [3.63, 3.8) is 0 Å². The van der Waals surface area contributed by atoms with Gasteiger partial charge in [-0.2, -0.15) is 5.10 Å². The molecule has 3 rings (SSSR count). The summed E-state index contributed by atoms with van der Waals surface area (Å²) >= 11 is 5.27. The molecule has 1 N–H and O–H groups in total. The lowest BCUT2D eigenvalue weighted by Gasteiger charge is -2.05. The van der Waals surface area contributed by atoms with E-state index in [2.05, 4.69) is 15.2 Å². The van der Waals surface area contributed by atoms with Crippen LogP contribution in [-0.4, -0.2) is 19.7 Å². The lowest BCUT2D eigenvalue weighted by molar-refractivity contribution is 1.03. The molecule has 3 aromatic rings. The second-order valence-corrected chi connectivity index (χ2v) is 4.13. The molecule has 0 saturated carbocycles. The summed E-state index contributed by atoms with van der Waals surface area (Å²) in [6.07, 6.45) is 1.74. The Morgan fingerprint density at radius 3 is 2.50 bits per heavy atom. The van der Waals surface area contributed by atoms with Crippen molar-refractivity contribution in [2.24, 2.45) is 0 Å². The number of nitrogens with one attached hydrogen (secondary N) is 1. The molecule has 18 heavy (non-hydrogen) atoms. The van der Waals surface area contributed by atoms with E-state index in [4.69, 9.17) is 12.2 Å². The smallest absolute Gasteiger partial charge is 0.200 e. The number of para-hydroxylation sites is 1. The number of pyridine rings is 1. The van der Waals surface area contributed by atoms with Gasteiger partial charge in [0.25, 0.3) is 0 Å². The van der Waals surface area contributed by atoms with Crippen molar-refractivity contribution in [1.29, 1.82) is 0 Å². The highest BCUT2D eigenvalue weighted by Gasteiger charge is 2.10. The monoisotopic (exact) mass is 254 g/mol. The molecule has 2 heterocycles. The van der Waals surface area contributed by atoms with E-state index in [1.54, 1.807) is 6.20 Å². The second kappa shape index (κ2) is 4.54. The van der Waals surface area contributed by atoms with Crippen molar-refractivity contribution in [2.75, 3.05) is 0 Å². The van der Waals surface area contributed by atoms with E-state index < -0.39 is 0 Å². The number of benzene rings is 1. The third-order valence-electron chi connectivity index (χ3n) is 2.58. The lowest BCUT2D eigenvalue weighted by atomic mass is 10.3. The van der Waals surface area contributed by atoms with Gasteiger partial charge >= 0.3 is 0 Å². The maximum absolute atomic E-state index is 5.27. The summed E-state index contributed by atoms with van der Waals surface area (Å²) in [6.45, 7) is 0. The SMILES string of the molecule is S=c1[nH]nc(-c2ccccn2)n1-c1ccccc1. The number of H-pyrrole nitrogens is 1. The van der Waals surface area contributed by atoms with Crippen LogP contribution in [0.15, 0.2) is 54.7 Å². The molecule has 1 aromatic carbocycles. The fourth-order valence-corrected chi connectivity index (χ4v) is 2.02. The first-order valence-electron chi connectivity index (χ1n) is 5.50. The Morgan fingerprint density at radius 1 is 1.00 bits per heavy atom. The van der Waals surface area contributed by atoms with Crippen LogP contribution in [-0.2, 0) is 0 Å².